The molecular weight excluding hydrogens is 418 g/mol. The summed E-state index contributed by atoms with van der Waals surface area (Å²) < 4.78 is 9.74. The number of nitrogen functional groups attached to an aromatic ring is 1. The largest absolute Gasteiger partial charge is 0.382 e. The Balaban J connectivity index is 1.38. The van der Waals surface area contributed by atoms with Crippen molar-refractivity contribution in [3.8, 4) is 11.3 Å². The first kappa shape index (κ1) is 19.6. The highest BCUT2D eigenvalue weighted by atomic mass is 16.5. The molecule has 0 bridgehead atoms. The predicted molar refractivity (Wildman–Crippen MR) is 126 cm³/mol. The Morgan fingerprint density at radius 3 is 2.73 bits per heavy atom. The van der Waals surface area contributed by atoms with Crippen molar-refractivity contribution >= 4 is 22.5 Å². The summed E-state index contributed by atoms with van der Waals surface area (Å²) in [6.07, 6.45) is 10.2. The van der Waals surface area contributed by atoms with Crippen molar-refractivity contribution < 1.29 is 4.74 Å². The Kier molecular flexibility index (Phi) is 4.08. The third-order valence-corrected chi connectivity index (χ3v) is 8.40. The van der Waals surface area contributed by atoms with Crippen LogP contribution in [0, 0.1) is 11.8 Å². The Hall–Kier alpha value is -2.81. The van der Waals surface area contributed by atoms with Crippen LogP contribution in [-0.4, -0.2) is 49.8 Å². The summed E-state index contributed by atoms with van der Waals surface area (Å²) in [5.74, 6) is 2.57. The van der Waals surface area contributed by atoms with Crippen LogP contribution in [0.1, 0.15) is 51.0 Å². The maximum absolute atomic E-state index is 13.5. The first-order valence-corrected chi connectivity index (χ1v) is 12.3. The molecule has 33 heavy (non-hydrogen) atoms. The van der Waals surface area contributed by atoms with Gasteiger partial charge in [-0.05, 0) is 56.8 Å². The molecule has 174 valence electrons. The van der Waals surface area contributed by atoms with E-state index in [1.54, 1.807) is 0 Å². The Labute approximate surface area is 191 Å². The second-order valence-corrected chi connectivity index (χ2v) is 10.6. The Bertz CT molecular complexity index is 1270. The van der Waals surface area contributed by atoms with Gasteiger partial charge < -0.3 is 19.9 Å². The number of aryl methyl sites for hydroxylation is 1. The standard InChI is InChI=1S/C24H31N7O2/c1-29-18(31-9-2-7-24(31)8-10-33-13-24)11-17(28-29)16-12-30(21(14-3-4-14)15-5-6-15)23(32)19-20(16)26-27-22(19)25/h11-12,14-15,21H,2-10,13H2,1H3,(H3,25,26,27). The van der Waals surface area contributed by atoms with Gasteiger partial charge in [-0.15, -0.1) is 0 Å². The topological polar surface area (TPSA) is 107 Å². The zero-order valence-corrected chi connectivity index (χ0v) is 19.1. The molecule has 0 radical (unpaired) electrons. The molecule has 2 saturated carbocycles. The predicted octanol–water partition coefficient (Wildman–Crippen LogP) is 2.83. The maximum atomic E-state index is 13.5. The van der Waals surface area contributed by atoms with Gasteiger partial charge in [0.15, 0.2) is 5.82 Å². The summed E-state index contributed by atoms with van der Waals surface area (Å²) in [6, 6.07) is 2.42. The summed E-state index contributed by atoms with van der Waals surface area (Å²) in [7, 11) is 2.01. The van der Waals surface area contributed by atoms with Crippen LogP contribution in [0.3, 0.4) is 0 Å². The lowest BCUT2D eigenvalue weighted by molar-refractivity contribution is 0.178. The van der Waals surface area contributed by atoms with Crippen LogP contribution in [0.25, 0.3) is 22.2 Å². The van der Waals surface area contributed by atoms with Crippen LogP contribution in [-0.2, 0) is 11.8 Å². The normalized spacial score (nSPS) is 25.3. The summed E-state index contributed by atoms with van der Waals surface area (Å²) in [5.41, 5.74) is 8.68. The summed E-state index contributed by atoms with van der Waals surface area (Å²) in [4.78, 5) is 16.0. The lowest BCUT2D eigenvalue weighted by Gasteiger charge is -2.35. The second kappa shape index (κ2) is 6.85. The molecule has 1 spiro atoms. The van der Waals surface area contributed by atoms with Gasteiger partial charge in [0.1, 0.15) is 11.2 Å². The molecule has 1 atom stereocenters. The van der Waals surface area contributed by atoms with Gasteiger partial charge in [0, 0.05) is 44.1 Å². The monoisotopic (exact) mass is 449 g/mol. The zero-order chi connectivity index (χ0) is 22.3. The SMILES string of the molecule is Cn1nc(-c2cn(C(C3CC3)C3CC3)c(=O)c3c(N)n[nH]c23)cc1N1CCCC12CCOC2. The number of rotatable bonds is 5. The highest BCUT2D eigenvalue weighted by Crippen LogP contribution is 2.52. The Morgan fingerprint density at radius 2 is 2.03 bits per heavy atom. The lowest BCUT2D eigenvalue weighted by atomic mass is 9.95. The fourth-order valence-corrected chi connectivity index (χ4v) is 6.43. The quantitative estimate of drug-likeness (QED) is 0.620. The fourth-order valence-electron chi connectivity index (χ4n) is 6.43. The molecule has 0 aromatic carbocycles. The van der Waals surface area contributed by atoms with Crippen LogP contribution in [0.15, 0.2) is 17.1 Å². The third-order valence-electron chi connectivity index (χ3n) is 8.40. The van der Waals surface area contributed by atoms with Gasteiger partial charge in [-0.3, -0.25) is 14.6 Å². The fraction of sp³-hybridized carbons (Fsp3) is 0.625. The Morgan fingerprint density at radius 1 is 1.24 bits per heavy atom. The van der Waals surface area contributed by atoms with Crippen molar-refractivity contribution in [3.63, 3.8) is 0 Å². The second-order valence-electron chi connectivity index (χ2n) is 10.6. The van der Waals surface area contributed by atoms with Crippen LogP contribution in [0.5, 0.6) is 0 Å². The number of hydrogen-bond donors (Lipinski definition) is 2. The lowest BCUT2D eigenvalue weighted by Crippen LogP contribution is -2.45. The number of aromatic nitrogens is 5. The number of ether oxygens (including phenoxy) is 1. The van der Waals surface area contributed by atoms with E-state index < -0.39 is 0 Å². The first-order valence-electron chi connectivity index (χ1n) is 12.3. The van der Waals surface area contributed by atoms with Crippen molar-refractivity contribution in [2.75, 3.05) is 30.4 Å². The van der Waals surface area contributed by atoms with E-state index in [2.05, 4.69) is 21.2 Å². The van der Waals surface area contributed by atoms with Crippen LogP contribution in [0.2, 0.25) is 0 Å². The van der Waals surface area contributed by atoms with E-state index in [1.807, 2.05) is 22.5 Å². The number of nitrogens with two attached hydrogens (primary N) is 1. The van der Waals surface area contributed by atoms with Crippen molar-refractivity contribution in [2.24, 2.45) is 18.9 Å². The minimum atomic E-state index is -0.0263. The molecule has 4 fully saturated rings. The van der Waals surface area contributed by atoms with E-state index in [0.29, 0.717) is 22.7 Å². The molecule has 4 aliphatic rings. The molecule has 2 aliphatic carbocycles. The third kappa shape index (κ3) is 2.90. The van der Waals surface area contributed by atoms with Crippen molar-refractivity contribution in [1.29, 1.82) is 0 Å². The van der Waals surface area contributed by atoms with Crippen LogP contribution in [0.4, 0.5) is 11.6 Å². The van der Waals surface area contributed by atoms with Gasteiger partial charge in [0.2, 0.25) is 0 Å². The summed E-state index contributed by atoms with van der Waals surface area (Å²) in [6.45, 7) is 2.62. The van der Waals surface area contributed by atoms with Crippen LogP contribution >= 0.6 is 0 Å². The summed E-state index contributed by atoms with van der Waals surface area (Å²) >= 11 is 0. The van der Waals surface area contributed by atoms with E-state index in [-0.39, 0.29) is 23.0 Å². The highest BCUT2D eigenvalue weighted by molar-refractivity contribution is 5.97. The van der Waals surface area contributed by atoms with Crippen molar-refractivity contribution in [1.82, 2.24) is 24.5 Å². The molecule has 9 nitrogen and oxygen atoms in total. The molecular formula is C24H31N7O2. The number of H-pyrrole nitrogens is 1. The van der Waals surface area contributed by atoms with Gasteiger partial charge >= 0.3 is 0 Å². The maximum Gasteiger partial charge on any atom is 0.264 e. The van der Waals surface area contributed by atoms with E-state index in [9.17, 15) is 4.79 Å². The summed E-state index contributed by atoms with van der Waals surface area (Å²) in [5, 5.41) is 12.6. The van der Waals surface area contributed by atoms with Crippen LogP contribution < -0.4 is 16.2 Å². The molecule has 5 heterocycles. The number of fused-ring (bicyclic) bond motifs is 1. The van der Waals surface area contributed by atoms with Gasteiger partial charge in [-0.25, -0.2) is 0 Å². The molecule has 1 unspecified atom stereocenters. The molecule has 9 heteroatoms. The molecule has 2 aliphatic heterocycles. The molecule has 3 N–H and O–H groups in total. The molecule has 7 rings (SSSR count). The number of aromatic amines is 1. The highest BCUT2D eigenvalue weighted by Gasteiger charge is 2.46. The number of nitrogens with zero attached hydrogens (tertiary/aromatic N) is 5. The average molecular weight is 450 g/mol. The molecule has 2 saturated heterocycles. The van der Waals surface area contributed by atoms with Gasteiger partial charge in [-0.2, -0.15) is 10.2 Å². The number of hydrogen-bond acceptors (Lipinski definition) is 6. The molecule has 0 amide bonds. The number of pyridine rings is 1. The average Bonchev–Trinajstić information content (AvgIpc) is 3.65. The van der Waals surface area contributed by atoms with Gasteiger partial charge in [-0.1, -0.05) is 0 Å². The van der Waals surface area contributed by atoms with E-state index in [1.165, 1.54) is 32.1 Å². The molecule has 3 aromatic rings. The van der Waals surface area contributed by atoms with Gasteiger partial charge in [0.05, 0.1) is 23.4 Å². The van der Waals surface area contributed by atoms with E-state index in [4.69, 9.17) is 15.6 Å². The van der Waals surface area contributed by atoms with E-state index in [0.717, 1.165) is 49.7 Å². The first-order chi connectivity index (χ1) is 16.1. The smallest absolute Gasteiger partial charge is 0.264 e. The van der Waals surface area contributed by atoms with Crippen molar-refractivity contribution in [2.45, 2.75) is 56.5 Å². The van der Waals surface area contributed by atoms with E-state index >= 15 is 0 Å². The number of nitrogens with one attached hydrogen (secondary N) is 1. The zero-order valence-electron chi connectivity index (χ0n) is 19.1. The molecule has 3 aromatic heterocycles. The van der Waals surface area contributed by atoms with Gasteiger partial charge in [0.25, 0.3) is 5.56 Å². The minimum Gasteiger partial charge on any atom is -0.382 e. The number of anilines is 2. The minimum absolute atomic E-state index is 0.0263. The van der Waals surface area contributed by atoms with Crippen molar-refractivity contribution in [3.05, 3.63) is 22.6 Å².